The molecular weight excluding hydrogens is 274 g/mol. The standard InChI is InChI=1S/C14H23N3O4/c18-12(16-11-1-2-11)3-6-15-14(21)17-7-4-10(5-8-17)9-13(19)20/h10-11H,1-9H2,(H,15,21)(H,16,18)(H,19,20). The number of hydrogen-bond acceptors (Lipinski definition) is 3. The first-order valence-electron chi connectivity index (χ1n) is 7.58. The number of carboxylic acid groups (broad SMARTS) is 1. The molecule has 1 aliphatic heterocycles. The molecule has 0 aromatic heterocycles. The molecule has 0 aromatic rings. The molecule has 1 aliphatic carbocycles. The molecule has 0 bridgehead atoms. The predicted molar refractivity (Wildman–Crippen MR) is 75.7 cm³/mol. The predicted octanol–water partition coefficient (Wildman–Crippen LogP) is 0.551. The number of urea groups is 1. The van der Waals surface area contributed by atoms with Crippen LogP contribution in [0.2, 0.25) is 0 Å². The van der Waals surface area contributed by atoms with Crippen molar-refractivity contribution in [1.29, 1.82) is 0 Å². The molecule has 1 heterocycles. The second kappa shape index (κ2) is 7.28. The largest absolute Gasteiger partial charge is 0.481 e. The van der Waals surface area contributed by atoms with Gasteiger partial charge < -0.3 is 20.6 Å². The molecule has 2 fully saturated rings. The summed E-state index contributed by atoms with van der Waals surface area (Å²) in [6.07, 6.45) is 4.05. The molecule has 3 N–H and O–H groups in total. The molecule has 3 amide bonds. The Kier molecular flexibility index (Phi) is 5.41. The van der Waals surface area contributed by atoms with Crippen LogP contribution < -0.4 is 10.6 Å². The number of nitrogens with zero attached hydrogens (tertiary/aromatic N) is 1. The van der Waals surface area contributed by atoms with Gasteiger partial charge in [-0.3, -0.25) is 9.59 Å². The van der Waals surface area contributed by atoms with E-state index in [1.807, 2.05) is 0 Å². The van der Waals surface area contributed by atoms with Crippen molar-refractivity contribution in [2.75, 3.05) is 19.6 Å². The van der Waals surface area contributed by atoms with Gasteiger partial charge in [-0.25, -0.2) is 4.79 Å². The van der Waals surface area contributed by atoms with E-state index in [0.717, 1.165) is 25.7 Å². The highest BCUT2D eigenvalue weighted by atomic mass is 16.4. The van der Waals surface area contributed by atoms with Gasteiger partial charge in [-0.05, 0) is 31.6 Å². The zero-order valence-corrected chi connectivity index (χ0v) is 12.1. The van der Waals surface area contributed by atoms with Crippen LogP contribution >= 0.6 is 0 Å². The quantitative estimate of drug-likeness (QED) is 0.667. The first kappa shape index (κ1) is 15.6. The summed E-state index contributed by atoms with van der Waals surface area (Å²) in [4.78, 5) is 35.7. The smallest absolute Gasteiger partial charge is 0.317 e. The number of carbonyl (C=O) groups is 3. The number of piperidine rings is 1. The third-order valence-corrected chi connectivity index (χ3v) is 3.94. The first-order valence-corrected chi connectivity index (χ1v) is 7.58. The van der Waals surface area contributed by atoms with Gasteiger partial charge in [0.1, 0.15) is 0 Å². The van der Waals surface area contributed by atoms with E-state index in [2.05, 4.69) is 10.6 Å². The minimum Gasteiger partial charge on any atom is -0.481 e. The fourth-order valence-electron chi connectivity index (χ4n) is 2.51. The lowest BCUT2D eigenvalue weighted by molar-refractivity contribution is -0.138. The van der Waals surface area contributed by atoms with Gasteiger partial charge in [-0.1, -0.05) is 0 Å². The van der Waals surface area contributed by atoms with Crippen LogP contribution in [0, 0.1) is 5.92 Å². The van der Waals surface area contributed by atoms with Crippen molar-refractivity contribution >= 4 is 17.9 Å². The number of amides is 3. The van der Waals surface area contributed by atoms with Gasteiger partial charge in [0.15, 0.2) is 0 Å². The van der Waals surface area contributed by atoms with Crippen molar-refractivity contribution in [2.24, 2.45) is 5.92 Å². The van der Waals surface area contributed by atoms with Gasteiger partial charge in [-0.15, -0.1) is 0 Å². The van der Waals surface area contributed by atoms with Crippen LogP contribution in [0.1, 0.15) is 38.5 Å². The van der Waals surface area contributed by atoms with Crippen LogP contribution in [0.3, 0.4) is 0 Å². The van der Waals surface area contributed by atoms with Crippen molar-refractivity contribution in [2.45, 2.75) is 44.6 Å². The van der Waals surface area contributed by atoms with E-state index < -0.39 is 5.97 Å². The molecule has 1 saturated heterocycles. The van der Waals surface area contributed by atoms with Crippen LogP contribution in [0.4, 0.5) is 4.79 Å². The van der Waals surface area contributed by atoms with Gasteiger partial charge in [0.2, 0.25) is 5.91 Å². The van der Waals surface area contributed by atoms with Crippen LogP contribution in [0.15, 0.2) is 0 Å². The Labute approximate surface area is 124 Å². The van der Waals surface area contributed by atoms with Gasteiger partial charge in [-0.2, -0.15) is 0 Å². The summed E-state index contributed by atoms with van der Waals surface area (Å²) >= 11 is 0. The van der Waals surface area contributed by atoms with E-state index in [1.165, 1.54) is 0 Å². The zero-order chi connectivity index (χ0) is 15.2. The maximum Gasteiger partial charge on any atom is 0.317 e. The topological polar surface area (TPSA) is 98.7 Å². The van der Waals surface area contributed by atoms with Crippen molar-refractivity contribution < 1.29 is 19.5 Å². The second-order valence-electron chi connectivity index (χ2n) is 5.85. The molecule has 2 aliphatic rings. The molecule has 0 spiro atoms. The summed E-state index contributed by atoms with van der Waals surface area (Å²) < 4.78 is 0. The van der Waals surface area contributed by atoms with E-state index in [9.17, 15) is 14.4 Å². The van der Waals surface area contributed by atoms with Crippen molar-refractivity contribution in [3.8, 4) is 0 Å². The summed E-state index contributed by atoms with van der Waals surface area (Å²) in [5, 5.41) is 14.4. The third-order valence-electron chi connectivity index (χ3n) is 3.94. The number of carbonyl (C=O) groups excluding carboxylic acids is 2. The number of likely N-dealkylation sites (tertiary alicyclic amines) is 1. The highest BCUT2D eigenvalue weighted by Gasteiger charge is 2.25. The molecule has 0 radical (unpaired) electrons. The molecule has 0 atom stereocenters. The Balaban J connectivity index is 1.58. The summed E-state index contributed by atoms with van der Waals surface area (Å²) in [5.74, 6) is -0.631. The molecule has 0 unspecified atom stereocenters. The van der Waals surface area contributed by atoms with E-state index in [0.29, 0.717) is 32.1 Å². The lowest BCUT2D eigenvalue weighted by atomic mass is 9.94. The van der Waals surface area contributed by atoms with E-state index in [4.69, 9.17) is 5.11 Å². The Morgan fingerprint density at radius 1 is 1.10 bits per heavy atom. The summed E-state index contributed by atoms with van der Waals surface area (Å²) in [6, 6.07) is 0.185. The average Bonchev–Trinajstić information content (AvgIpc) is 3.22. The average molecular weight is 297 g/mol. The highest BCUT2D eigenvalue weighted by molar-refractivity contribution is 5.78. The lowest BCUT2D eigenvalue weighted by Gasteiger charge is -2.31. The minimum atomic E-state index is -0.778. The normalized spacial score (nSPS) is 19.1. The molecule has 118 valence electrons. The minimum absolute atomic E-state index is 0.0158. The van der Waals surface area contributed by atoms with Crippen LogP contribution in [0.25, 0.3) is 0 Å². The first-order chi connectivity index (χ1) is 10.0. The number of aliphatic carboxylic acids is 1. The van der Waals surface area contributed by atoms with Crippen LogP contribution in [-0.4, -0.2) is 53.6 Å². The number of rotatable bonds is 6. The number of carboxylic acids is 1. The number of nitrogens with one attached hydrogen (secondary N) is 2. The molecule has 7 nitrogen and oxygen atoms in total. The number of hydrogen-bond donors (Lipinski definition) is 3. The molecular formula is C14H23N3O4. The van der Waals surface area contributed by atoms with Gasteiger partial charge in [0.05, 0.1) is 0 Å². The van der Waals surface area contributed by atoms with E-state index >= 15 is 0 Å². The fourth-order valence-corrected chi connectivity index (χ4v) is 2.51. The van der Waals surface area contributed by atoms with Crippen molar-refractivity contribution in [3.05, 3.63) is 0 Å². The second-order valence-corrected chi connectivity index (χ2v) is 5.85. The van der Waals surface area contributed by atoms with Crippen LogP contribution in [0.5, 0.6) is 0 Å². The van der Waals surface area contributed by atoms with Crippen molar-refractivity contribution in [3.63, 3.8) is 0 Å². The zero-order valence-electron chi connectivity index (χ0n) is 12.1. The molecule has 1 saturated carbocycles. The van der Waals surface area contributed by atoms with E-state index in [-0.39, 0.29) is 24.3 Å². The summed E-state index contributed by atoms with van der Waals surface area (Å²) in [6.45, 7) is 1.50. The highest BCUT2D eigenvalue weighted by Crippen LogP contribution is 2.20. The summed E-state index contributed by atoms with van der Waals surface area (Å²) in [5.41, 5.74) is 0. The molecule has 7 heteroatoms. The van der Waals surface area contributed by atoms with E-state index in [1.54, 1.807) is 4.90 Å². The molecule has 0 aromatic carbocycles. The Morgan fingerprint density at radius 3 is 2.33 bits per heavy atom. The maximum atomic E-state index is 11.9. The monoisotopic (exact) mass is 297 g/mol. The Hall–Kier alpha value is -1.79. The fraction of sp³-hybridized carbons (Fsp3) is 0.786. The van der Waals surface area contributed by atoms with Gasteiger partial charge in [0.25, 0.3) is 0 Å². The van der Waals surface area contributed by atoms with Gasteiger partial charge >= 0.3 is 12.0 Å². The molecule has 21 heavy (non-hydrogen) atoms. The van der Waals surface area contributed by atoms with Crippen LogP contribution in [-0.2, 0) is 9.59 Å². The van der Waals surface area contributed by atoms with Crippen molar-refractivity contribution in [1.82, 2.24) is 15.5 Å². The SMILES string of the molecule is O=C(O)CC1CCN(C(=O)NCCC(=O)NC2CC2)CC1. The van der Waals surface area contributed by atoms with Gasteiger partial charge in [0, 0.05) is 38.5 Å². The summed E-state index contributed by atoms with van der Waals surface area (Å²) in [7, 11) is 0. The Bertz CT molecular complexity index is 401. The Morgan fingerprint density at radius 2 is 1.76 bits per heavy atom. The molecule has 2 rings (SSSR count). The maximum absolute atomic E-state index is 11.9. The lowest BCUT2D eigenvalue weighted by Crippen LogP contribution is -2.45. The third kappa shape index (κ3) is 5.61.